The van der Waals surface area contributed by atoms with E-state index in [2.05, 4.69) is 10.3 Å². The number of hydrogen-bond donors (Lipinski definition) is 3. The third-order valence-corrected chi connectivity index (χ3v) is 8.63. The van der Waals surface area contributed by atoms with Gasteiger partial charge in [0, 0.05) is 50.2 Å². The number of carbonyl (C=O) groups excluding carboxylic acids is 2. The van der Waals surface area contributed by atoms with E-state index >= 15 is 8.78 Å². The molecule has 1 unspecified atom stereocenters. The summed E-state index contributed by atoms with van der Waals surface area (Å²) in [5.41, 5.74) is 0.200. The highest BCUT2D eigenvalue weighted by Gasteiger charge is 2.59. The highest BCUT2D eigenvalue weighted by molar-refractivity contribution is 7.11. The quantitative estimate of drug-likeness (QED) is 0.376. The van der Waals surface area contributed by atoms with Gasteiger partial charge in [0.05, 0.1) is 33.6 Å². The first-order valence-corrected chi connectivity index (χ1v) is 13.0. The second-order valence-corrected chi connectivity index (χ2v) is 11.2. The summed E-state index contributed by atoms with van der Waals surface area (Å²) >= 11 is 12.9. The maximum absolute atomic E-state index is 15.0. The number of amides is 2. The fourth-order valence-corrected chi connectivity index (χ4v) is 5.83. The highest BCUT2D eigenvalue weighted by atomic mass is 35.5. The number of hydrogen-bond acceptors (Lipinski definition) is 8. The molecule has 196 valence electrons. The Kier molecular flexibility index (Phi) is 6.71. The molecule has 1 atom stereocenters. The average molecular weight is 571 g/mol. The number of carbonyl (C=O) groups is 2. The fourth-order valence-electron chi connectivity index (χ4n) is 4.94. The smallest absolute Gasteiger partial charge is 0.347 e. The van der Waals surface area contributed by atoms with E-state index in [-0.39, 0.29) is 54.0 Å². The van der Waals surface area contributed by atoms with Crippen molar-refractivity contribution in [1.82, 2.24) is 20.1 Å². The lowest BCUT2D eigenvalue weighted by Crippen LogP contribution is -2.66. The first-order chi connectivity index (χ1) is 17.5. The third-order valence-electron chi connectivity index (χ3n) is 7.13. The van der Waals surface area contributed by atoms with Crippen molar-refractivity contribution in [3.05, 3.63) is 50.4 Å². The normalized spacial score (nSPS) is 20.9. The lowest BCUT2D eigenvalue weighted by Gasteiger charge is -2.52. The molecule has 2 amide bonds. The van der Waals surface area contributed by atoms with E-state index < -0.39 is 34.6 Å². The van der Waals surface area contributed by atoms with E-state index in [1.54, 1.807) is 4.90 Å². The molecule has 0 saturated carbocycles. The van der Waals surface area contributed by atoms with Crippen molar-refractivity contribution < 1.29 is 23.1 Å². The maximum atomic E-state index is 15.0. The molecule has 2 aromatic rings. The zero-order valence-electron chi connectivity index (χ0n) is 19.3. The molecule has 1 aromatic heterocycles. The largest absolute Gasteiger partial charge is 0.423 e. The predicted molar refractivity (Wildman–Crippen MR) is 134 cm³/mol. The molecule has 1 spiro atoms. The molecule has 14 heteroatoms. The monoisotopic (exact) mass is 570 g/mol. The summed E-state index contributed by atoms with van der Waals surface area (Å²) in [5.74, 6) is -7.06. The van der Waals surface area contributed by atoms with Crippen LogP contribution < -0.4 is 5.32 Å². The van der Waals surface area contributed by atoms with Crippen molar-refractivity contribution in [3.63, 3.8) is 0 Å². The molecule has 3 aliphatic rings. The third kappa shape index (κ3) is 4.60. The van der Waals surface area contributed by atoms with Crippen LogP contribution in [-0.2, 0) is 15.5 Å². The van der Waals surface area contributed by atoms with Gasteiger partial charge >= 0.3 is 5.92 Å². The summed E-state index contributed by atoms with van der Waals surface area (Å²) in [6.45, 7) is 1.99. The first kappa shape index (κ1) is 26.0. The standard InChI is InChI=1S/C23H22Cl2F2N6O3S/c24-15-2-1-13(3-16(15)25)23(26,27)21(29)36-18(28)14-7-32(20(35)17-6-31-11-37-17)8-22(14)9-33(10-22)19(34)12-4-30-5-12/h1-3,6,11-12,14,28-30H,4-5,7-10H2. The molecule has 1 aromatic carbocycles. The van der Waals surface area contributed by atoms with Crippen LogP contribution in [0.3, 0.4) is 0 Å². The van der Waals surface area contributed by atoms with E-state index in [9.17, 15) is 9.59 Å². The molecule has 0 radical (unpaired) electrons. The topological polar surface area (TPSA) is 122 Å². The molecule has 9 nitrogen and oxygen atoms in total. The number of alkyl halides is 2. The number of rotatable bonds is 5. The summed E-state index contributed by atoms with van der Waals surface area (Å²) in [5, 5.41) is 19.5. The molecule has 3 fully saturated rings. The van der Waals surface area contributed by atoms with Crippen LogP contribution in [0.4, 0.5) is 8.78 Å². The fraction of sp³-hybridized carbons (Fsp3) is 0.435. The van der Waals surface area contributed by atoms with Gasteiger partial charge in [-0.1, -0.05) is 29.3 Å². The predicted octanol–water partition coefficient (Wildman–Crippen LogP) is 3.33. The Morgan fingerprint density at radius 3 is 2.46 bits per heavy atom. The summed E-state index contributed by atoms with van der Waals surface area (Å²) in [4.78, 5) is 33.3. The van der Waals surface area contributed by atoms with Gasteiger partial charge in [0.15, 0.2) is 5.90 Å². The van der Waals surface area contributed by atoms with E-state index in [1.165, 1.54) is 34.0 Å². The Hall–Kier alpha value is -2.67. The molecule has 3 saturated heterocycles. The number of halogens is 4. The van der Waals surface area contributed by atoms with Crippen LogP contribution in [0.5, 0.6) is 0 Å². The van der Waals surface area contributed by atoms with Gasteiger partial charge < -0.3 is 19.9 Å². The minimum absolute atomic E-state index is 0.0123. The van der Waals surface area contributed by atoms with Crippen LogP contribution in [0.15, 0.2) is 29.9 Å². The van der Waals surface area contributed by atoms with Gasteiger partial charge in [-0.05, 0) is 12.1 Å². The van der Waals surface area contributed by atoms with Gasteiger partial charge in [-0.15, -0.1) is 11.3 Å². The molecule has 5 rings (SSSR count). The van der Waals surface area contributed by atoms with Crippen molar-refractivity contribution in [2.45, 2.75) is 5.92 Å². The minimum Gasteiger partial charge on any atom is -0.423 e. The Balaban J connectivity index is 1.34. The van der Waals surface area contributed by atoms with Crippen molar-refractivity contribution in [2.75, 3.05) is 39.3 Å². The highest BCUT2D eigenvalue weighted by Crippen LogP contribution is 2.46. The maximum Gasteiger partial charge on any atom is 0.347 e. The van der Waals surface area contributed by atoms with Crippen LogP contribution in [0.2, 0.25) is 10.0 Å². The Morgan fingerprint density at radius 1 is 1.16 bits per heavy atom. The minimum atomic E-state index is -3.87. The molecule has 37 heavy (non-hydrogen) atoms. The zero-order valence-corrected chi connectivity index (χ0v) is 21.6. The zero-order chi connectivity index (χ0) is 26.5. The second-order valence-electron chi connectivity index (χ2n) is 9.51. The summed E-state index contributed by atoms with van der Waals surface area (Å²) < 4.78 is 35.2. The molecule has 3 N–H and O–H groups in total. The van der Waals surface area contributed by atoms with Gasteiger partial charge in [0.1, 0.15) is 4.88 Å². The van der Waals surface area contributed by atoms with Gasteiger partial charge in [-0.25, -0.2) is 0 Å². The number of benzene rings is 1. The number of aromatic nitrogens is 1. The van der Waals surface area contributed by atoms with Crippen LogP contribution in [0, 0.1) is 28.1 Å². The number of nitrogens with one attached hydrogen (secondary N) is 3. The number of likely N-dealkylation sites (tertiary alicyclic amines) is 2. The van der Waals surface area contributed by atoms with Crippen LogP contribution >= 0.6 is 34.5 Å². The van der Waals surface area contributed by atoms with Crippen molar-refractivity contribution in [3.8, 4) is 0 Å². The summed E-state index contributed by atoms with van der Waals surface area (Å²) in [6, 6.07) is 3.17. The van der Waals surface area contributed by atoms with Crippen LogP contribution in [-0.4, -0.2) is 77.7 Å². The molecule has 3 aliphatic heterocycles. The van der Waals surface area contributed by atoms with Crippen molar-refractivity contribution in [1.29, 1.82) is 10.8 Å². The van der Waals surface area contributed by atoms with Gasteiger partial charge in [0.2, 0.25) is 5.91 Å². The lowest BCUT2D eigenvalue weighted by molar-refractivity contribution is -0.150. The van der Waals surface area contributed by atoms with Gasteiger partial charge in [-0.2, -0.15) is 8.78 Å². The average Bonchev–Trinajstić information content (AvgIpc) is 3.46. The SMILES string of the molecule is N=C(OC(=N)C(F)(F)c1ccc(Cl)c(Cl)c1)C1CN(C(=O)c2cncs2)CC12CN(C(=O)C1CNC1)C2. The number of ether oxygens (including phenoxy) is 1. The van der Waals surface area contributed by atoms with Gasteiger partial charge in [-0.3, -0.25) is 25.4 Å². The molecule has 0 aliphatic carbocycles. The summed E-state index contributed by atoms with van der Waals surface area (Å²) in [7, 11) is 0. The van der Waals surface area contributed by atoms with E-state index in [0.29, 0.717) is 18.0 Å². The first-order valence-electron chi connectivity index (χ1n) is 11.4. The molecule has 4 heterocycles. The molecule has 0 bridgehead atoms. The molecular formula is C23H22Cl2F2N6O3S. The van der Waals surface area contributed by atoms with Crippen molar-refractivity contribution in [2.24, 2.45) is 17.3 Å². The van der Waals surface area contributed by atoms with E-state index in [1.807, 2.05) is 0 Å². The van der Waals surface area contributed by atoms with Crippen molar-refractivity contribution >= 4 is 58.1 Å². The number of thiazole rings is 1. The van der Waals surface area contributed by atoms with Crippen LogP contribution in [0.1, 0.15) is 15.2 Å². The Morgan fingerprint density at radius 2 is 1.86 bits per heavy atom. The van der Waals surface area contributed by atoms with E-state index in [4.69, 9.17) is 38.8 Å². The van der Waals surface area contributed by atoms with Crippen LogP contribution in [0.25, 0.3) is 0 Å². The second kappa shape index (κ2) is 9.57. The van der Waals surface area contributed by atoms with E-state index in [0.717, 1.165) is 12.1 Å². The Labute approximate surface area is 224 Å². The lowest BCUT2D eigenvalue weighted by atomic mass is 9.71. The summed E-state index contributed by atoms with van der Waals surface area (Å²) in [6.07, 6.45) is 1.45. The Bertz CT molecular complexity index is 1270. The number of nitrogens with zero attached hydrogens (tertiary/aromatic N) is 3. The van der Waals surface area contributed by atoms with Gasteiger partial charge in [0.25, 0.3) is 11.8 Å². The molecular weight excluding hydrogens is 549 g/mol.